The van der Waals surface area contributed by atoms with Gasteiger partial charge >= 0.3 is 0 Å². The zero-order chi connectivity index (χ0) is 6.69. The van der Waals surface area contributed by atoms with Gasteiger partial charge in [0.25, 0.3) is 0 Å². The summed E-state index contributed by atoms with van der Waals surface area (Å²) in [5.41, 5.74) is 2.44. The van der Waals surface area contributed by atoms with E-state index in [4.69, 9.17) is 5.11 Å². The Kier molecular flexibility index (Phi) is 2.06. The van der Waals surface area contributed by atoms with E-state index in [0.717, 1.165) is 18.4 Å². The van der Waals surface area contributed by atoms with Gasteiger partial charge in [0.05, 0.1) is 6.61 Å². The fraction of sp³-hybridized carbons (Fsp3) is 0.500. The predicted octanol–water partition coefficient (Wildman–Crippen LogP) is 1.65. The molecular weight excluding hydrogens is 112 g/mol. The summed E-state index contributed by atoms with van der Waals surface area (Å²) in [4.78, 5) is 0. The lowest BCUT2D eigenvalue weighted by atomic mass is 10.0. The van der Waals surface area contributed by atoms with Crippen molar-refractivity contribution >= 4 is 0 Å². The van der Waals surface area contributed by atoms with E-state index < -0.39 is 0 Å². The van der Waals surface area contributed by atoms with Gasteiger partial charge in [-0.1, -0.05) is 17.7 Å². The van der Waals surface area contributed by atoms with Crippen LogP contribution in [0.5, 0.6) is 0 Å². The summed E-state index contributed by atoms with van der Waals surface area (Å²) in [5.74, 6) is 0. The van der Waals surface area contributed by atoms with Crippen molar-refractivity contribution in [2.45, 2.75) is 19.8 Å². The Morgan fingerprint density at radius 1 is 1.67 bits per heavy atom. The number of allylic oxidation sites excluding steroid dienone is 2. The summed E-state index contributed by atoms with van der Waals surface area (Å²) in [5, 5.41) is 8.70. The monoisotopic (exact) mass is 124 g/mol. The molecule has 1 aliphatic rings. The fourth-order valence-corrected chi connectivity index (χ4v) is 1.04. The van der Waals surface area contributed by atoms with Crippen LogP contribution in [-0.2, 0) is 0 Å². The molecular formula is C8H12O. The van der Waals surface area contributed by atoms with Gasteiger partial charge in [0.2, 0.25) is 0 Å². The molecule has 1 N–H and O–H groups in total. The molecule has 0 spiro atoms. The summed E-state index contributed by atoms with van der Waals surface area (Å²) >= 11 is 0. The maximum absolute atomic E-state index is 8.70. The first kappa shape index (κ1) is 6.56. The van der Waals surface area contributed by atoms with Gasteiger partial charge < -0.3 is 5.11 Å². The third-order valence-electron chi connectivity index (χ3n) is 1.56. The minimum absolute atomic E-state index is 0.192. The lowest BCUT2D eigenvalue weighted by Crippen LogP contribution is -1.93. The predicted molar refractivity (Wildman–Crippen MR) is 38.2 cm³/mol. The molecule has 1 aliphatic carbocycles. The second kappa shape index (κ2) is 2.83. The molecule has 0 radical (unpaired) electrons. The Bertz CT molecular complexity index is 154. The van der Waals surface area contributed by atoms with Crippen molar-refractivity contribution in [3.8, 4) is 0 Å². The lowest BCUT2D eigenvalue weighted by molar-refractivity contribution is 0.334. The van der Waals surface area contributed by atoms with E-state index in [9.17, 15) is 0 Å². The molecule has 1 heteroatoms. The van der Waals surface area contributed by atoms with E-state index in [1.165, 1.54) is 5.57 Å². The van der Waals surface area contributed by atoms with Crippen molar-refractivity contribution in [3.05, 3.63) is 23.3 Å². The van der Waals surface area contributed by atoms with Gasteiger partial charge in [-0.25, -0.2) is 0 Å². The van der Waals surface area contributed by atoms with Crippen LogP contribution in [0, 0.1) is 0 Å². The second-order valence-electron chi connectivity index (χ2n) is 2.47. The van der Waals surface area contributed by atoms with Crippen LogP contribution in [0.15, 0.2) is 23.3 Å². The first-order valence-corrected chi connectivity index (χ1v) is 3.30. The molecule has 1 nitrogen and oxygen atoms in total. The molecule has 9 heavy (non-hydrogen) atoms. The average Bonchev–Trinajstić information content (AvgIpc) is 1.88. The normalized spacial score (nSPS) is 18.9. The maximum Gasteiger partial charge on any atom is 0.0678 e. The van der Waals surface area contributed by atoms with Gasteiger partial charge in [-0.2, -0.15) is 0 Å². The molecule has 0 saturated carbocycles. The van der Waals surface area contributed by atoms with Crippen molar-refractivity contribution in [2.75, 3.05) is 6.61 Å². The van der Waals surface area contributed by atoms with Crippen molar-refractivity contribution in [2.24, 2.45) is 0 Å². The Morgan fingerprint density at radius 3 is 2.89 bits per heavy atom. The molecule has 0 aliphatic heterocycles. The van der Waals surface area contributed by atoms with E-state index in [1.807, 2.05) is 0 Å². The first-order valence-electron chi connectivity index (χ1n) is 3.30. The number of aliphatic hydroxyl groups is 1. The highest BCUT2D eigenvalue weighted by Crippen LogP contribution is 2.15. The van der Waals surface area contributed by atoms with E-state index in [-0.39, 0.29) is 6.61 Å². The van der Waals surface area contributed by atoms with Crippen LogP contribution in [-0.4, -0.2) is 11.7 Å². The molecule has 0 bridgehead atoms. The third-order valence-corrected chi connectivity index (χ3v) is 1.56. The van der Waals surface area contributed by atoms with Crippen molar-refractivity contribution in [1.29, 1.82) is 0 Å². The lowest BCUT2D eigenvalue weighted by Gasteiger charge is -2.06. The Hall–Kier alpha value is -0.560. The van der Waals surface area contributed by atoms with Gasteiger partial charge in [-0.15, -0.1) is 0 Å². The SMILES string of the molecule is CC1=CC(CO)=CCC1. The zero-order valence-electron chi connectivity index (χ0n) is 5.72. The summed E-state index contributed by atoms with van der Waals surface area (Å²) in [7, 11) is 0. The van der Waals surface area contributed by atoms with Crippen LogP contribution < -0.4 is 0 Å². The number of hydrogen-bond donors (Lipinski definition) is 1. The average molecular weight is 124 g/mol. The fourth-order valence-electron chi connectivity index (χ4n) is 1.04. The van der Waals surface area contributed by atoms with Gasteiger partial charge in [0.1, 0.15) is 0 Å². The van der Waals surface area contributed by atoms with Crippen molar-refractivity contribution < 1.29 is 5.11 Å². The molecule has 0 aromatic carbocycles. The smallest absolute Gasteiger partial charge is 0.0678 e. The standard InChI is InChI=1S/C8H12O/c1-7-3-2-4-8(5-7)6-9/h4-5,9H,2-3,6H2,1H3. The Morgan fingerprint density at radius 2 is 2.44 bits per heavy atom. The zero-order valence-corrected chi connectivity index (χ0v) is 5.72. The molecule has 0 saturated heterocycles. The van der Waals surface area contributed by atoms with Crippen molar-refractivity contribution in [1.82, 2.24) is 0 Å². The van der Waals surface area contributed by atoms with Crippen LogP contribution >= 0.6 is 0 Å². The summed E-state index contributed by atoms with van der Waals surface area (Å²) in [6.07, 6.45) is 6.40. The van der Waals surface area contributed by atoms with Gasteiger partial charge in [-0.05, 0) is 25.3 Å². The Labute approximate surface area is 55.7 Å². The first-order chi connectivity index (χ1) is 4.33. The van der Waals surface area contributed by atoms with Gasteiger partial charge in [0, 0.05) is 0 Å². The van der Waals surface area contributed by atoms with Crippen LogP contribution in [0.25, 0.3) is 0 Å². The van der Waals surface area contributed by atoms with Crippen LogP contribution in [0.1, 0.15) is 19.8 Å². The minimum atomic E-state index is 0.192. The molecule has 0 unspecified atom stereocenters. The highest BCUT2D eigenvalue weighted by molar-refractivity contribution is 5.26. The van der Waals surface area contributed by atoms with Crippen LogP contribution in [0.2, 0.25) is 0 Å². The minimum Gasteiger partial charge on any atom is -0.392 e. The highest BCUT2D eigenvalue weighted by Gasteiger charge is 1.98. The number of aliphatic hydroxyl groups excluding tert-OH is 1. The van der Waals surface area contributed by atoms with Crippen molar-refractivity contribution in [3.63, 3.8) is 0 Å². The quantitative estimate of drug-likeness (QED) is 0.563. The highest BCUT2D eigenvalue weighted by atomic mass is 16.3. The van der Waals surface area contributed by atoms with E-state index in [1.54, 1.807) is 0 Å². The molecule has 0 aromatic rings. The third kappa shape index (κ3) is 1.68. The molecule has 0 aromatic heterocycles. The molecule has 0 fully saturated rings. The molecule has 1 rings (SSSR count). The summed E-state index contributed by atoms with van der Waals surface area (Å²) < 4.78 is 0. The Balaban J connectivity index is 2.63. The molecule has 50 valence electrons. The van der Waals surface area contributed by atoms with Crippen LogP contribution in [0.3, 0.4) is 0 Å². The topological polar surface area (TPSA) is 20.2 Å². The molecule has 0 atom stereocenters. The molecule has 0 heterocycles. The van der Waals surface area contributed by atoms with E-state index in [2.05, 4.69) is 19.1 Å². The van der Waals surface area contributed by atoms with E-state index >= 15 is 0 Å². The number of rotatable bonds is 1. The summed E-state index contributed by atoms with van der Waals surface area (Å²) in [6, 6.07) is 0. The van der Waals surface area contributed by atoms with Crippen LogP contribution in [0.4, 0.5) is 0 Å². The van der Waals surface area contributed by atoms with Gasteiger partial charge in [-0.3, -0.25) is 0 Å². The summed E-state index contributed by atoms with van der Waals surface area (Å²) in [6.45, 7) is 2.29. The maximum atomic E-state index is 8.70. The van der Waals surface area contributed by atoms with E-state index in [0.29, 0.717) is 0 Å². The largest absolute Gasteiger partial charge is 0.392 e. The number of hydrogen-bond acceptors (Lipinski definition) is 1. The second-order valence-corrected chi connectivity index (χ2v) is 2.47. The molecule has 0 amide bonds. The van der Waals surface area contributed by atoms with Gasteiger partial charge in [0.15, 0.2) is 0 Å².